The summed E-state index contributed by atoms with van der Waals surface area (Å²) in [6.07, 6.45) is -3.43. The summed E-state index contributed by atoms with van der Waals surface area (Å²) < 4.78 is 55.8. The number of amides is 1. The number of methoxy groups -OCH3 is 1. The zero-order valence-electron chi connectivity index (χ0n) is 19.5. The van der Waals surface area contributed by atoms with E-state index in [9.17, 15) is 22.8 Å². The number of rotatable bonds is 4. The minimum Gasteiger partial charge on any atom is -0.488 e. The van der Waals surface area contributed by atoms with E-state index < -0.39 is 29.8 Å². The normalized spacial score (nSPS) is 23.8. The Kier molecular flexibility index (Phi) is 7.49. The summed E-state index contributed by atoms with van der Waals surface area (Å²) in [4.78, 5) is 26.0. The highest BCUT2D eigenvalue weighted by Crippen LogP contribution is 2.45. The summed E-state index contributed by atoms with van der Waals surface area (Å²) in [6, 6.07) is 4.93. The van der Waals surface area contributed by atoms with E-state index in [1.807, 2.05) is 0 Å². The van der Waals surface area contributed by atoms with Gasteiger partial charge in [-0.3, -0.25) is 0 Å². The zero-order valence-corrected chi connectivity index (χ0v) is 19.5. The fourth-order valence-electron chi connectivity index (χ4n) is 4.45. The van der Waals surface area contributed by atoms with Crippen LogP contribution in [-0.4, -0.2) is 55.0 Å². The molecule has 6 nitrogen and oxygen atoms in total. The van der Waals surface area contributed by atoms with Crippen LogP contribution >= 0.6 is 0 Å². The topological polar surface area (TPSA) is 65.1 Å². The van der Waals surface area contributed by atoms with Gasteiger partial charge in [-0.2, -0.15) is 13.2 Å². The molecule has 0 radical (unpaired) electrons. The van der Waals surface area contributed by atoms with Crippen LogP contribution in [0.4, 0.5) is 18.0 Å². The number of benzene rings is 1. The van der Waals surface area contributed by atoms with Crippen molar-refractivity contribution in [2.45, 2.75) is 76.7 Å². The van der Waals surface area contributed by atoms with Crippen molar-refractivity contribution in [2.24, 2.45) is 5.92 Å². The molecular formula is C24H32F3NO5. The lowest BCUT2D eigenvalue weighted by atomic mass is 9.78. The van der Waals surface area contributed by atoms with Crippen LogP contribution in [0.2, 0.25) is 0 Å². The lowest BCUT2D eigenvalue weighted by Gasteiger charge is -2.31. The second-order valence-corrected chi connectivity index (χ2v) is 9.79. The summed E-state index contributed by atoms with van der Waals surface area (Å²) >= 11 is 0. The molecule has 1 aromatic carbocycles. The molecule has 0 aromatic heterocycles. The summed E-state index contributed by atoms with van der Waals surface area (Å²) in [5.74, 6) is -1.41. The van der Waals surface area contributed by atoms with E-state index in [0.29, 0.717) is 49.2 Å². The van der Waals surface area contributed by atoms with Gasteiger partial charge in [0.2, 0.25) is 0 Å². The number of carbonyl (C=O) groups is 2. The van der Waals surface area contributed by atoms with Crippen molar-refractivity contribution in [2.75, 3.05) is 20.2 Å². The van der Waals surface area contributed by atoms with Crippen molar-refractivity contribution in [1.29, 1.82) is 0 Å². The molecule has 0 bridgehead atoms. The quantitative estimate of drug-likeness (QED) is 0.528. The van der Waals surface area contributed by atoms with Crippen LogP contribution in [0.25, 0.3) is 0 Å². The predicted molar refractivity (Wildman–Crippen MR) is 115 cm³/mol. The highest BCUT2D eigenvalue weighted by Gasteiger charge is 2.42. The van der Waals surface area contributed by atoms with Gasteiger partial charge in [0.1, 0.15) is 17.5 Å². The Bertz CT molecular complexity index is 857. The number of esters is 1. The van der Waals surface area contributed by atoms with Crippen LogP contribution in [0, 0.1) is 5.92 Å². The molecule has 1 saturated carbocycles. The number of nitrogens with zero attached hydrogens (tertiary/aromatic N) is 1. The van der Waals surface area contributed by atoms with Gasteiger partial charge in [-0.15, -0.1) is 0 Å². The van der Waals surface area contributed by atoms with Gasteiger partial charge in [-0.25, -0.2) is 9.59 Å². The van der Waals surface area contributed by atoms with Crippen LogP contribution in [0.5, 0.6) is 5.75 Å². The third-order valence-corrected chi connectivity index (χ3v) is 6.15. The number of hydrogen-bond donors (Lipinski definition) is 0. The fourth-order valence-corrected chi connectivity index (χ4v) is 4.45. The highest BCUT2D eigenvalue weighted by atomic mass is 19.4. The van der Waals surface area contributed by atoms with Gasteiger partial charge in [0.05, 0.1) is 25.1 Å². The van der Waals surface area contributed by atoms with Crippen LogP contribution in [-0.2, 0) is 9.47 Å². The molecule has 1 aliphatic heterocycles. The van der Waals surface area contributed by atoms with Crippen molar-refractivity contribution in [3.8, 4) is 5.75 Å². The van der Waals surface area contributed by atoms with Gasteiger partial charge < -0.3 is 19.1 Å². The van der Waals surface area contributed by atoms with Crippen molar-refractivity contribution in [3.63, 3.8) is 0 Å². The first-order chi connectivity index (χ1) is 15.4. The standard InChI is InChI=1S/C24H32F3NO5/c1-23(2,3)33-22(30)28-12-11-18(14-28)32-20-10-7-16(21(29)31-4)13-19(20)15-5-8-17(9-6-15)24(25,26)27/h7,10,13,15,17-18H,5-6,8-9,11-12,14H2,1-4H3/t15-,17-,18-/m0/s1. The molecule has 3 rings (SSSR count). The third kappa shape index (κ3) is 6.54. The van der Waals surface area contributed by atoms with Gasteiger partial charge in [-0.1, -0.05) is 0 Å². The third-order valence-electron chi connectivity index (χ3n) is 6.15. The van der Waals surface area contributed by atoms with E-state index in [2.05, 4.69) is 0 Å². The summed E-state index contributed by atoms with van der Waals surface area (Å²) in [5, 5.41) is 0. The molecule has 1 aromatic rings. The fraction of sp³-hybridized carbons (Fsp3) is 0.667. The van der Waals surface area contributed by atoms with Crippen molar-refractivity contribution >= 4 is 12.1 Å². The Labute approximate surface area is 192 Å². The maximum atomic E-state index is 13.1. The molecule has 33 heavy (non-hydrogen) atoms. The largest absolute Gasteiger partial charge is 0.488 e. The van der Waals surface area contributed by atoms with Gasteiger partial charge in [-0.05, 0) is 76.1 Å². The van der Waals surface area contributed by atoms with Crippen LogP contribution in [0.15, 0.2) is 18.2 Å². The van der Waals surface area contributed by atoms with Crippen molar-refractivity contribution in [3.05, 3.63) is 29.3 Å². The van der Waals surface area contributed by atoms with E-state index in [1.54, 1.807) is 43.9 Å². The van der Waals surface area contributed by atoms with Gasteiger partial charge in [0.25, 0.3) is 0 Å². The Morgan fingerprint density at radius 3 is 2.27 bits per heavy atom. The Balaban J connectivity index is 1.74. The van der Waals surface area contributed by atoms with E-state index in [1.165, 1.54) is 7.11 Å². The molecule has 2 fully saturated rings. The summed E-state index contributed by atoms with van der Waals surface area (Å²) in [7, 11) is 1.28. The number of carbonyl (C=O) groups excluding carboxylic acids is 2. The molecule has 184 valence electrons. The molecule has 1 aliphatic carbocycles. The second kappa shape index (κ2) is 9.81. The molecule has 1 heterocycles. The number of likely N-dealkylation sites (tertiary alicyclic amines) is 1. The van der Waals surface area contributed by atoms with Crippen LogP contribution in [0.3, 0.4) is 0 Å². The highest BCUT2D eigenvalue weighted by molar-refractivity contribution is 5.89. The molecule has 0 spiro atoms. The minimum absolute atomic E-state index is 0.0475. The maximum absolute atomic E-state index is 13.1. The van der Waals surface area contributed by atoms with Crippen LogP contribution in [0.1, 0.15) is 74.7 Å². The monoisotopic (exact) mass is 471 g/mol. The van der Waals surface area contributed by atoms with E-state index in [0.717, 1.165) is 0 Å². The lowest BCUT2D eigenvalue weighted by molar-refractivity contribution is -0.182. The number of alkyl halides is 3. The van der Waals surface area contributed by atoms with Crippen molar-refractivity contribution in [1.82, 2.24) is 4.90 Å². The molecule has 2 aliphatic rings. The summed E-state index contributed by atoms with van der Waals surface area (Å²) in [6.45, 7) is 6.26. The Morgan fingerprint density at radius 1 is 1.03 bits per heavy atom. The van der Waals surface area contributed by atoms with Gasteiger partial charge in [0.15, 0.2) is 0 Å². The average molecular weight is 472 g/mol. The molecular weight excluding hydrogens is 439 g/mol. The molecule has 1 saturated heterocycles. The Morgan fingerprint density at radius 2 is 1.70 bits per heavy atom. The van der Waals surface area contributed by atoms with Crippen LogP contribution < -0.4 is 4.74 Å². The molecule has 9 heteroatoms. The minimum atomic E-state index is -4.19. The SMILES string of the molecule is COC(=O)c1ccc(O[C@H]2CCN(C(=O)OC(C)(C)C)C2)c([C@H]2CC[C@H](C(F)(F)F)CC2)c1. The molecule has 1 atom stereocenters. The van der Waals surface area contributed by atoms with Crippen molar-refractivity contribution < 1.29 is 37.0 Å². The van der Waals surface area contributed by atoms with Gasteiger partial charge >= 0.3 is 18.2 Å². The Hall–Kier alpha value is -2.45. The zero-order chi connectivity index (χ0) is 24.4. The number of ether oxygens (including phenoxy) is 3. The van der Waals surface area contributed by atoms with E-state index in [-0.39, 0.29) is 24.9 Å². The first-order valence-electron chi connectivity index (χ1n) is 11.3. The lowest BCUT2D eigenvalue weighted by Crippen LogP contribution is -2.36. The molecule has 1 amide bonds. The van der Waals surface area contributed by atoms with E-state index >= 15 is 0 Å². The molecule has 0 unspecified atom stereocenters. The number of halogens is 3. The first kappa shape index (κ1) is 25.2. The first-order valence-corrected chi connectivity index (χ1v) is 11.3. The van der Waals surface area contributed by atoms with Gasteiger partial charge in [0, 0.05) is 13.0 Å². The number of hydrogen-bond acceptors (Lipinski definition) is 5. The average Bonchev–Trinajstić information content (AvgIpc) is 3.20. The van der Waals surface area contributed by atoms with E-state index in [4.69, 9.17) is 14.2 Å². The maximum Gasteiger partial charge on any atom is 0.410 e. The molecule has 0 N–H and O–H groups in total. The summed E-state index contributed by atoms with van der Waals surface area (Å²) in [5.41, 5.74) is 0.455. The second-order valence-electron chi connectivity index (χ2n) is 9.79. The smallest absolute Gasteiger partial charge is 0.410 e. The predicted octanol–water partition coefficient (Wildman–Crippen LogP) is 5.70.